The summed E-state index contributed by atoms with van der Waals surface area (Å²) in [6.07, 6.45) is -1.01. The van der Waals surface area contributed by atoms with Crippen LogP contribution in [0.2, 0.25) is 0 Å². The van der Waals surface area contributed by atoms with Crippen LogP contribution in [0.1, 0.15) is 31.9 Å². The van der Waals surface area contributed by atoms with Gasteiger partial charge >= 0.3 is 0 Å². The molecule has 0 aliphatic heterocycles. The van der Waals surface area contributed by atoms with Crippen molar-refractivity contribution in [1.29, 1.82) is 0 Å². The highest BCUT2D eigenvalue weighted by Crippen LogP contribution is 2.16. The highest BCUT2D eigenvalue weighted by molar-refractivity contribution is 5.81. The van der Waals surface area contributed by atoms with Gasteiger partial charge in [0.25, 0.3) is 0 Å². The van der Waals surface area contributed by atoms with E-state index < -0.39 is 47.1 Å². The van der Waals surface area contributed by atoms with Crippen molar-refractivity contribution in [2.45, 2.75) is 51.8 Å². The maximum Gasteiger partial charge on any atom is 0.250 e. The third-order valence-electron chi connectivity index (χ3n) is 5.99. The van der Waals surface area contributed by atoms with E-state index in [0.29, 0.717) is 6.42 Å². The number of hydrogen-bond acceptors (Lipinski definition) is 5. The molecule has 9 heteroatoms. The number of hydrogen-bond donors (Lipinski definition) is 5. The van der Waals surface area contributed by atoms with Crippen LogP contribution in [-0.2, 0) is 22.4 Å². The van der Waals surface area contributed by atoms with Gasteiger partial charge in [0.2, 0.25) is 11.8 Å². The number of halogens is 2. The Morgan fingerprint density at radius 1 is 0.943 bits per heavy atom. The highest BCUT2D eigenvalue weighted by Gasteiger charge is 2.28. The van der Waals surface area contributed by atoms with Crippen LogP contribution < -0.4 is 22.1 Å². The normalized spacial score (nSPS) is 15.1. The van der Waals surface area contributed by atoms with Crippen molar-refractivity contribution in [2.24, 2.45) is 22.8 Å². The summed E-state index contributed by atoms with van der Waals surface area (Å²) in [6, 6.07) is 11.0. The molecule has 0 bridgehead atoms. The van der Waals surface area contributed by atoms with Crippen LogP contribution in [0.15, 0.2) is 48.5 Å². The van der Waals surface area contributed by atoms with Gasteiger partial charge < -0.3 is 27.2 Å². The summed E-state index contributed by atoms with van der Waals surface area (Å²) in [5, 5.41) is 15.8. The van der Waals surface area contributed by atoms with Crippen molar-refractivity contribution < 1.29 is 23.5 Å². The molecule has 0 fully saturated rings. The fourth-order valence-corrected chi connectivity index (χ4v) is 3.50. The Morgan fingerprint density at radius 2 is 1.54 bits per heavy atom. The van der Waals surface area contributed by atoms with E-state index in [1.54, 1.807) is 6.92 Å². The SMILES string of the molecule is CC(C(=O)NCC(C)(C)CNC(=O)C(O)C(N)Cc1ccccc1)C(N)Cc1cc(F)ccc1F. The van der Waals surface area contributed by atoms with Gasteiger partial charge in [-0.05, 0) is 47.6 Å². The molecule has 2 amide bonds. The lowest BCUT2D eigenvalue weighted by Gasteiger charge is -2.28. The zero-order valence-electron chi connectivity index (χ0n) is 20.4. The quantitative estimate of drug-likeness (QED) is 0.309. The van der Waals surface area contributed by atoms with Crippen LogP contribution in [0.5, 0.6) is 0 Å². The van der Waals surface area contributed by atoms with Gasteiger partial charge in [0, 0.05) is 25.2 Å². The topological polar surface area (TPSA) is 130 Å². The minimum atomic E-state index is -1.37. The molecule has 192 valence electrons. The van der Waals surface area contributed by atoms with Gasteiger partial charge in [-0.25, -0.2) is 8.78 Å². The van der Waals surface area contributed by atoms with Crippen molar-refractivity contribution in [3.63, 3.8) is 0 Å². The molecule has 0 aromatic heterocycles. The molecule has 0 radical (unpaired) electrons. The molecule has 2 aromatic carbocycles. The molecule has 2 aromatic rings. The second-order valence-electron chi connectivity index (χ2n) is 9.79. The summed E-state index contributed by atoms with van der Waals surface area (Å²) in [5.74, 6) is -2.71. The van der Waals surface area contributed by atoms with Crippen molar-refractivity contribution >= 4 is 11.8 Å². The summed E-state index contributed by atoms with van der Waals surface area (Å²) in [7, 11) is 0. The van der Waals surface area contributed by atoms with E-state index in [-0.39, 0.29) is 31.0 Å². The number of carbonyl (C=O) groups is 2. The lowest BCUT2D eigenvalue weighted by Crippen LogP contribution is -2.51. The molecule has 0 saturated carbocycles. The van der Waals surface area contributed by atoms with E-state index >= 15 is 0 Å². The Bertz CT molecular complexity index is 988. The number of aliphatic hydroxyl groups is 1. The molecule has 0 aliphatic rings. The first-order chi connectivity index (χ1) is 16.4. The fraction of sp³-hybridized carbons (Fsp3) is 0.462. The second-order valence-corrected chi connectivity index (χ2v) is 9.79. The van der Waals surface area contributed by atoms with Gasteiger partial charge in [-0.15, -0.1) is 0 Å². The van der Waals surface area contributed by atoms with E-state index in [2.05, 4.69) is 10.6 Å². The number of benzene rings is 2. The van der Waals surface area contributed by atoms with Crippen LogP contribution in [0.4, 0.5) is 8.78 Å². The van der Waals surface area contributed by atoms with Gasteiger partial charge in [0.05, 0.1) is 5.92 Å². The number of carbonyl (C=O) groups excluding carboxylic acids is 2. The molecule has 7 nitrogen and oxygen atoms in total. The van der Waals surface area contributed by atoms with Crippen LogP contribution in [0.25, 0.3) is 0 Å². The predicted molar refractivity (Wildman–Crippen MR) is 131 cm³/mol. The molecule has 0 saturated heterocycles. The van der Waals surface area contributed by atoms with E-state index in [1.165, 1.54) is 0 Å². The molecular formula is C26H36F2N4O3. The number of nitrogens with one attached hydrogen (secondary N) is 2. The van der Waals surface area contributed by atoms with Crippen LogP contribution >= 0.6 is 0 Å². The number of amides is 2. The van der Waals surface area contributed by atoms with Crippen molar-refractivity contribution in [3.8, 4) is 0 Å². The third-order valence-corrected chi connectivity index (χ3v) is 5.99. The van der Waals surface area contributed by atoms with Gasteiger partial charge in [-0.2, -0.15) is 0 Å². The van der Waals surface area contributed by atoms with Crippen LogP contribution in [-0.4, -0.2) is 48.2 Å². The summed E-state index contributed by atoms with van der Waals surface area (Å²) < 4.78 is 27.3. The molecule has 4 atom stereocenters. The summed E-state index contributed by atoms with van der Waals surface area (Å²) in [4.78, 5) is 25.0. The zero-order valence-corrected chi connectivity index (χ0v) is 20.4. The summed E-state index contributed by atoms with van der Waals surface area (Å²) in [5.41, 5.74) is 12.6. The lowest BCUT2D eigenvalue weighted by molar-refractivity contribution is -0.130. The first-order valence-corrected chi connectivity index (χ1v) is 11.6. The Hall–Kier alpha value is -2.88. The van der Waals surface area contributed by atoms with E-state index in [9.17, 15) is 23.5 Å². The number of nitrogens with two attached hydrogens (primary N) is 2. The first-order valence-electron chi connectivity index (χ1n) is 11.6. The van der Waals surface area contributed by atoms with Gasteiger partial charge in [-0.3, -0.25) is 9.59 Å². The highest BCUT2D eigenvalue weighted by atomic mass is 19.1. The maximum atomic E-state index is 13.9. The standard InChI is InChI=1S/C26H36F2N4O3/c1-16(21(29)13-18-12-19(27)9-10-20(18)28)24(34)31-14-26(2,3)15-32-25(35)23(33)22(30)11-17-7-5-4-6-8-17/h4-10,12,16,21-23,33H,11,13-15,29-30H2,1-3H3,(H,31,34)(H,32,35). The Morgan fingerprint density at radius 3 is 2.17 bits per heavy atom. The predicted octanol–water partition coefficient (Wildman–Crippen LogP) is 1.66. The average molecular weight is 491 g/mol. The molecule has 0 aliphatic carbocycles. The van der Waals surface area contributed by atoms with Crippen LogP contribution in [0.3, 0.4) is 0 Å². The van der Waals surface area contributed by atoms with Crippen molar-refractivity contribution in [3.05, 3.63) is 71.3 Å². The van der Waals surface area contributed by atoms with Gasteiger partial charge in [-0.1, -0.05) is 51.1 Å². The molecule has 35 heavy (non-hydrogen) atoms. The fourth-order valence-electron chi connectivity index (χ4n) is 3.50. The smallest absolute Gasteiger partial charge is 0.250 e. The van der Waals surface area contributed by atoms with E-state index in [4.69, 9.17) is 11.5 Å². The minimum Gasteiger partial charge on any atom is -0.382 e. The second kappa shape index (κ2) is 12.7. The Balaban J connectivity index is 1.80. The molecule has 7 N–H and O–H groups in total. The molecule has 0 heterocycles. The van der Waals surface area contributed by atoms with Gasteiger partial charge in [0.1, 0.15) is 17.7 Å². The largest absolute Gasteiger partial charge is 0.382 e. The van der Waals surface area contributed by atoms with Crippen molar-refractivity contribution in [1.82, 2.24) is 10.6 Å². The number of aliphatic hydroxyl groups excluding tert-OH is 1. The molecule has 2 rings (SSSR count). The van der Waals surface area contributed by atoms with E-state index in [0.717, 1.165) is 23.8 Å². The minimum absolute atomic E-state index is 0.0127. The number of rotatable bonds is 12. The van der Waals surface area contributed by atoms with Crippen LogP contribution in [0, 0.1) is 23.0 Å². The third kappa shape index (κ3) is 9.01. The molecular weight excluding hydrogens is 454 g/mol. The van der Waals surface area contributed by atoms with Gasteiger partial charge in [0.15, 0.2) is 0 Å². The monoisotopic (exact) mass is 490 g/mol. The Kier molecular flexibility index (Phi) is 10.3. The lowest BCUT2D eigenvalue weighted by atomic mass is 9.91. The maximum absolute atomic E-state index is 13.9. The van der Waals surface area contributed by atoms with Crippen molar-refractivity contribution in [2.75, 3.05) is 13.1 Å². The summed E-state index contributed by atoms with van der Waals surface area (Å²) >= 11 is 0. The zero-order chi connectivity index (χ0) is 26.2. The van der Waals surface area contributed by atoms with E-state index in [1.807, 2.05) is 44.2 Å². The summed E-state index contributed by atoms with van der Waals surface area (Å²) in [6.45, 7) is 5.73. The first kappa shape index (κ1) is 28.4. The average Bonchev–Trinajstić information content (AvgIpc) is 2.83. The Labute approximate surface area is 205 Å². The molecule has 0 spiro atoms. The molecule has 4 unspecified atom stereocenters.